The topological polar surface area (TPSA) is 74.8 Å². The SMILES string of the molecule is Cc1cc(CN2CCc3nc(-c4cncnc4)[nH]c(=O)c3C2)sc1C. The van der Waals surface area contributed by atoms with E-state index in [0.29, 0.717) is 12.4 Å². The van der Waals surface area contributed by atoms with Gasteiger partial charge in [0.2, 0.25) is 0 Å². The summed E-state index contributed by atoms with van der Waals surface area (Å²) in [7, 11) is 0. The van der Waals surface area contributed by atoms with Gasteiger partial charge in [-0.05, 0) is 25.5 Å². The van der Waals surface area contributed by atoms with Crippen LogP contribution in [0.5, 0.6) is 0 Å². The van der Waals surface area contributed by atoms with Crippen molar-refractivity contribution in [1.29, 1.82) is 0 Å². The summed E-state index contributed by atoms with van der Waals surface area (Å²) in [6, 6.07) is 2.25. The molecule has 3 aromatic heterocycles. The molecular formula is C18H19N5OS. The van der Waals surface area contributed by atoms with Gasteiger partial charge < -0.3 is 4.98 Å². The van der Waals surface area contributed by atoms with Crippen molar-refractivity contribution in [3.8, 4) is 11.4 Å². The summed E-state index contributed by atoms with van der Waals surface area (Å²) in [5.74, 6) is 0.544. The highest BCUT2D eigenvalue weighted by Gasteiger charge is 2.22. The van der Waals surface area contributed by atoms with Crippen molar-refractivity contribution in [3.63, 3.8) is 0 Å². The summed E-state index contributed by atoms with van der Waals surface area (Å²) < 4.78 is 0. The van der Waals surface area contributed by atoms with Gasteiger partial charge in [0, 0.05) is 48.2 Å². The first-order chi connectivity index (χ1) is 12.1. The van der Waals surface area contributed by atoms with Crippen LogP contribution < -0.4 is 5.56 Å². The number of H-pyrrole nitrogens is 1. The van der Waals surface area contributed by atoms with Crippen LogP contribution >= 0.6 is 11.3 Å². The molecule has 1 aliphatic heterocycles. The first-order valence-electron chi connectivity index (χ1n) is 8.26. The first-order valence-corrected chi connectivity index (χ1v) is 9.07. The largest absolute Gasteiger partial charge is 0.306 e. The number of aryl methyl sites for hydroxylation is 2. The number of hydrogen-bond donors (Lipinski definition) is 1. The van der Waals surface area contributed by atoms with E-state index in [2.05, 4.69) is 44.7 Å². The molecule has 3 aromatic rings. The van der Waals surface area contributed by atoms with Gasteiger partial charge in [-0.3, -0.25) is 9.69 Å². The van der Waals surface area contributed by atoms with E-state index in [-0.39, 0.29) is 5.56 Å². The Morgan fingerprint density at radius 3 is 2.80 bits per heavy atom. The summed E-state index contributed by atoms with van der Waals surface area (Å²) in [5.41, 5.74) is 3.67. The zero-order valence-electron chi connectivity index (χ0n) is 14.2. The summed E-state index contributed by atoms with van der Waals surface area (Å²) >= 11 is 1.84. The van der Waals surface area contributed by atoms with E-state index >= 15 is 0 Å². The normalized spacial score (nSPS) is 14.5. The van der Waals surface area contributed by atoms with Crippen molar-refractivity contribution in [2.45, 2.75) is 33.4 Å². The monoisotopic (exact) mass is 353 g/mol. The maximum absolute atomic E-state index is 12.6. The minimum absolute atomic E-state index is 0.0629. The number of rotatable bonds is 3. The molecule has 0 aromatic carbocycles. The summed E-state index contributed by atoms with van der Waals surface area (Å²) in [6.07, 6.45) is 5.57. The third-order valence-corrected chi connectivity index (χ3v) is 5.72. The van der Waals surface area contributed by atoms with Crippen molar-refractivity contribution in [2.24, 2.45) is 0 Å². The second-order valence-electron chi connectivity index (χ2n) is 6.38. The predicted octanol–water partition coefficient (Wildman–Crippen LogP) is 2.46. The molecule has 0 unspecified atom stereocenters. The standard InChI is InChI=1S/C18H19N5OS/c1-11-5-14(25-12(11)2)8-23-4-3-16-15(9-23)18(24)22-17(21-16)13-6-19-10-20-7-13/h5-7,10H,3-4,8-9H2,1-2H3,(H,21,22,24). The fourth-order valence-electron chi connectivity index (χ4n) is 3.12. The summed E-state index contributed by atoms with van der Waals surface area (Å²) in [4.78, 5) is 33.1. The van der Waals surface area contributed by atoms with Crippen molar-refractivity contribution in [2.75, 3.05) is 6.54 Å². The van der Waals surface area contributed by atoms with Crippen LogP contribution in [0.1, 0.15) is 26.6 Å². The lowest BCUT2D eigenvalue weighted by Gasteiger charge is -2.27. The molecule has 0 saturated carbocycles. The quantitative estimate of drug-likeness (QED) is 0.783. The fraction of sp³-hybridized carbons (Fsp3) is 0.333. The number of aromatic nitrogens is 4. The third kappa shape index (κ3) is 3.25. The van der Waals surface area contributed by atoms with Gasteiger partial charge in [-0.25, -0.2) is 15.0 Å². The van der Waals surface area contributed by atoms with Gasteiger partial charge in [-0.1, -0.05) is 0 Å². The Bertz CT molecular complexity index is 944. The molecule has 0 atom stereocenters. The molecule has 0 saturated heterocycles. The van der Waals surface area contributed by atoms with Crippen molar-refractivity contribution in [3.05, 3.63) is 61.7 Å². The zero-order chi connectivity index (χ0) is 17.4. The molecule has 0 amide bonds. The molecule has 6 nitrogen and oxygen atoms in total. The molecule has 25 heavy (non-hydrogen) atoms. The van der Waals surface area contributed by atoms with Crippen LogP contribution in [0.2, 0.25) is 0 Å². The lowest BCUT2D eigenvalue weighted by molar-refractivity contribution is 0.244. The highest BCUT2D eigenvalue weighted by Crippen LogP contribution is 2.24. The van der Waals surface area contributed by atoms with Gasteiger partial charge in [0.15, 0.2) is 0 Å². The zero-order valence-corrected chi connectivity index (χ0v) is 15.1. The molecule has 4 rings (SSSR count). The number of thiophene rings is 1. The average molecular weight is 353 g/mol. The van der Waals surface area contributed by atoms with E-state index in [1.165, 1.54) is 21.6 Å². The Kier molecular flexibility index (Phi) is 4.19. The molecule has 0 aliphatic carbocycles. The lowest BCUT2D eigenvalue weighted by atomic mass is 10.1. The Balaban J connectivity index is 1.58. The Morgan fingerprint density at radius 1 is 1.28 bits per heavy atom. The minimum Gasteiger partial charge on any atom is -0.306 e. The van der Waals surface area contributed by atoms with Crippen LogP contribution in [0.3, 0.4) is 0 Å². The number of hydrogen-bond acceptors (Lipinski definition) is 6. The van der Waals surface area contributed by atoms with E-state index in [9.17, 15) is 4.79 Å². The van der Waals surface area contributed by atoms with E-state index < -0.39 is 0 Å². The maximum atomic E-state index is 12.6. The number of nitrogens with zero attached hydrogens (tertiary/aromatic N) is 4. The van der Waals surface area contributed by atoms with Crippen LogP contribution in [0.25, 0.3) is 11.4 Å². The minimum atomic E-state index is -0.0629. The predicted molar refractivity (Wildman–Crippen MR) is 97.5 cm³/mol. The Labute approximate surface area is 149 Å². The highest BCUT2D eigenvalue weighted by atomic mass is 32.1. The molecule has 128 valence electrons. The van der Waals surface area contributed by atoms with Crippen LogP contribution in [0, 0.1) is 13.8 Å². The van der Waals surface area contributed by atoms with E-state index in [0.717, 1.165) is 36.3 Å². The highest BCUT2D eigenvalue weighted by molar-refractivity contribution is 7.12. The van der Waals surface area contributed by atoms with Crippen LogP contribution in [-0.2, 0) is 19.5 Å². The van der Waals surface area contributed by atoms with Gasteiger partial charge in [0.25, 0.3) is 5.56 Å². The molecule has 1 aliphatic rings. The van der Waals surface area contributed by atoms with Crippen LogP contribution in [-0.4, -0.2) is 31.4 Å². The summed E-state index contributed by atoms with van der Waals surface area (Å²) in [6.45, 7) is 6.72. The van der Waals surface area contributed by atoms with Crippen LogP contribution in [0.4, 0.5) is 0 Å². The van der Waals surface area contributed by atoms with Crippen molar-refractivity contribution >= 4 is 11.3 Å². The number of aromatic amines is 1. The molecule has 0 fully saturated rings. The smallest absolute Gasteiger partial charge is 0.255 e. The van der Waals surface area contributed by atoms with E-state index in [4.69, 9.17) is 0 Å². The van der Waals surface area contributed by atoms with Gasteiger partial charge in [-0.2, -0.15) is 0 Å². The lowest BCUT2D eigenvalue weighted by Crippen LogP contribution is -2.35. The van der Waals surface area contributed by atoms with Gasteiger partial charge in [0.05, 0.1) is 16.8 Å². The van der Waals surface area contributed by atoms with Gasteiger partial charge >= 0.3 is 0 Å². The fourth-order valence-corrected chi connectivity index (χ4v) is 4.22. The van der Waals surface area contributed by atoms with E-state index in [1.807, 2.05) is 11.3 Å². The van der Waals surface area contributed by atoms with Crippen molar-refractivity contribution in [1.82, 2.24) is 24.8 Å². The molecule has 7 heteroatoms. The number of fused-ring (bicyclic) bond motifs is 1. The molecule has 1 N–H and O–H groups in total. The molecular weight excluding hydrogens is 334 g/mol. The van der Waals surface area contributed by atoms with Crippen LogP contribution in [0.15, 0.2) is 29.6 Å². The Morgan fingerprint density at radius 2 is 2.08 bits per heavy atom. The second-order valence-corrected chi connectivity index (χ2v) is 7.72. The molecule has 4 heterocycles. The van der Waals surface area contributed by atoms with Gasteiger partial charge in [-0.15, -0.1) is 11.3 Å². The molecule has 0 spiro atoms. The molecule has 0 radical (unpaired) electrons. The van der Waals surface area contributed by atoms with Crippen molar-refractivity contribution < 1.29 is 0 Å². The first kappa shape index (κ1) is 16.1. The third-order valence-electron chi connectivity index (χ3n) is 4.58. The van der Waals surface area contributed by atoms with E-state index in [1.54, 1.807) is 12.4 Å². The average Bonchev–Trinajstić information content (AvgIpc) is 2.93. The second kappa shape index (κ2) is 6.50. The Hall–Kier alpha value is -2.38. The van der Waals surface area contributed by atoms with Gasteiger partial charge in [0.1, 0.15) is 12.2 Å². The molecule has 0 bridgehead atoms. The maximum Gasteiger partial charge on any atom is 0.255 e. The number of nitrogens with one attached hydrogen (secondary N) is 1. The summed E-state index contributed by atoms with van der Waals surface area (Å²) in [5, 5.41) is 0.